The van der Waals surface area contributed by atoms with E-state index in [1.165, 1.54) is 55.2 Å². The molecule has 0 aliphatic heterocycles. The number of primary amides is 1. The molecule has 37 heavy (non-hydrogen) atoms. The molecule has 0 aliphatic carbocycles. The maximum Gasteiger partial charge on any atom is 0.422 e. The molecule has 9 nitrogen and oxygen atoms in total. The lowest BCUT2D eigenvalue weighted by Crippen LogP contribution is -2.53. The van der Waals surface area contributed by atoms with Crippen LogP contribution in [0.3, 0.4) is 0 Å². The van der Waals surface area contributed by atoms with E-state index in [0.717, 1.165) is 6.07 Å². The zero-order chi connectivity index (χ0) is 27.4. The number of nitrogens with one attached hydrogen (secondary N) is 1. The van der Waals surface area contributed by atoms with Gasteiger partial charge in [0, 0.05) is 23.9 Å². The van der Waals surface area contributed by atoms with Gasteiger partial charge in [-0.15, -0.1) is 0 Å². The molecule has 0 aliphatic rings. The van der Waals surface area contributed by atoms with Crippen molar-refractivity contribution in [3.05, 3.63) is 65.9 Å². The summed E-state index contributed by atoms with van der Waals surface area (Å²) in [5, 5.41) is 6.61. The van der Waals surface area contributed by atoms with Crippen LogP contribution in [0, 0.1) is 5.82 Å². The molecule has 0 spiro atoms. The minimum absolute atomic E-state index is 0.192. The standard InChI is InChI=1S/C24H25F4N5O4/c1-4-19(37-16-6-8-20(30-11-16)36-13-24(26,27)28)14-10-31-33(12-14)15-5-7-17(18(25)9-15)21(34)32-23(2,3)22(29)35/h5-12,19H,4,13H2,1-3H3,(H2,29,35)(H,32,34). The maximum atomic E-state index is 14.7. The van der Waals surface area contributed by atoms with Gasteiger partial charge in [-0.1, -0.05) is 6.92 Å². The molecular weight excluding hydrogens is 498 g/mol. The van der Waals surface area contributed by atoms with Gasteiger partial charge in [-0.05, 0) is 38.5 Å². The Balaban J connectivity index is 1.70. The molecule has 0 saturated heterocycles. The lowest BCUT2D eigenvalue weighted by atomic mass is 10.0. The highest BCUT2D eigenvalue weighted by Gasteiger charge is 2.29. The molecule has 13 heteroatoms. The number of ether oxygens (including phenoxy) is 2. The average Bonchev–Trinajstić information content (AvgIpc) is 3.31. The van der Waals surface area contributed by atoms with Crippen LogP contribution < -0.4 is 20.5 Å². The number of alkyl halides is 3. The van der Waals surface area contributed by atoms with E-state index in [4.69, 9.17) is 10.5 Å². The van der Waals surface area contributed by atoms with Crippen molar-refractivity contribution < 1.29 is 36.6 Å². The number of nitrogens with zero attached hydrogens (tertiary/aromatic N) is 3. The van der Waals surface area contributed by atoms with Crippen molar-refractivity contribution in [3.8, 4) is 17.3 Å². The van der Waals surface area contributed by atoms with Gasteiger partial charge in [-0.2, -0.15) is 18.3 Å². The number of benzene rings is 1. The number of hydrogen-bond acceptors (Lipinski definition) is 6. The number of halogens is 4. The summed E-state index contributed by atoms with van der Waals surface area (Å²) in [7, 11) is 0. The smallest absolute Gasteiger partial charge is 0.422 e. The molecule has 1 atom stereocenters. The molecular formula is C24H25F4N5O4. The highest BCUT2D eigenvalue weighted by atomic mass is 19.4. The molecule has 0 radical (unpaired) electrons. The first-order chi connectivity index (χ1) is 17.3. The van der Waals surface area contributed by atoms with Crippen molar-refractivity contribution in [2.24, 2.45) is 5.73 Å². The minimum atomic E-state index is -4.47. The predicted molar refractivity (Wildman–Crippen MR) is 124 cm³/mol. The molecule has 1 aromatic carbocycles. The summed E-state index contributed by atoms with van der Waals surface area (Å²) in [5.74, 6) is -2.27. The Labute approximate surface area is 209 Å². The van der Waals surface area contributed by atoms with Crippen LogP contribution in [-0.4, -0.2) is 44.9 Å². The van der Waals surface area contributed by atoms with E-state index < -0.39 is 42.1 Å². The molecule has 3 rings (SSSR count). The van der Waals surface area contributed by atoms with Crippen molar-refractivity contribution >= 4 is 11.8 Å². The molecule has 0 saturated carbocycles. The average molecular weight is 523 g/mol. The summed E-state index contributed by atoms with van der Waals surface area (Å²) in [6, 6.07) is 6.57. The van der Waals surface area contributed by atoms with E-state index >= 15 is 0 Å². The number of pyridine rings is 1. The third-order valence-electron chi connectivity index (χ3n) is 5.22. The Kier molecular flexibility index (Phi) is 8.04. The number of carbonyl (C=O) groups excluding carboxylic acids is 2. The van der Waals surface area contributed by atoms with Crippen molar-refractivity contribution in [2.45, 2.75) is 45.0 Å². The van der Waals surface area contributed by atoms with Crippen molar-refractivity contribution in [1.29, 1.82) is 0 Å². The van der Waals surface area contributed by atoms with Gasteiger partial charge in [0.2, 0.25) is 11.8 Å². The van der Waals surface area contributed by atoms with Crippen molar-refractivity contribution in [1.82, 2.24) is 20.1 Å². The number of nitrogens with two attached hydrogens (primary N) is 1. The van der Waals surface area contributed by atoms with E-state index in [2.05, 4.69) is 20.1 Å². The number of aromatic nitrogens is 3. The van der Waals surface area contributed by atoms with E-state index in [1.807, 2.05) is 6.92 Å². The van der Waals surface area contributed by atoms with Crippen LogP contribution in [0.2, 0.25) is 0 Å². The normalized spacial score (nSPS) is 12.6. The highest BCUT2D eigenvalue weighted by molar-refractivity contribution is 5.98. The lowest BCUT2D eigenvalue weighted by Gasteiger charge is -2.22. The fourth-order valence-corrected chi connectivity index (χ4v) is 3.12. The number of hydrogen-bond donors (Lipinski definition) is 2. The molecule has 0 fully saturated rings. The fraction of sp³-hybridized carbons (Fsp3) is 0.333. The molecule has 0 bridgehead atoms. The molecule has 198 valence electrons. The summed E-state index contributed by atoms with van der Waals surface area (Å²) < 4.78 is 63.4. The minimum Gasteiger partial charge on any atom is -0.484 e. The summed E-state index contributed by atoms with van der Waals surface area (Å²) in [4.78, 5) is 27.6. The number of carbonyl (C=O) groups is 2. The number of rotatable bonds is 10. The number of amides is 2. The first kappa shape index (κ1) is 27.4. The SMILES string of the molecule is CCC(Oc1ccc(OCC(F)(F)F)nc1)c1cnn(-c2ccc(C(=O)NC(C)(C)C(N)=O)c(F)c2)c1. The van der Waals surface area contributed by atoms with E-state index in [0.29, 0.717) is 23.4 Å². The third kappa shape index (κ3) is 7.18. The van der Waals surface area contributed by atoms with Gasteiger partial charge in [0.15, 0.2) is 6.61 Å². The van der Waals surface area contributed by atoms with Gasteiger partial charge in [-0.25, -0.2) is 14.1 Å². The van der Waals surface area contributed by atoms with Crippen LogP contribution in [0.4, 0.5) is 17.6 Å². The van der Waals surface area contributed by atoms with E-state index in [-0.39, 0.29) is 11.4 Å². The van der Waals surface area contributed by atoms with E-state index in [1.54, 1.807) is 6.20 Å². The molecule has 1 unspecified atom stereocenters. The first-order valence-electron chi connectivity index (χ1n) is 11.1. The van der Waals surface area contributed by atoms with Gasteiger partial charge < -0.3 is 20.5 Å². The Bertz CT molecular complexity index is 1260. The lowest BCUT2D eigenvalue weighted by molar-refractivity contribution is -0.154. The predicted octanol–water partition coefficient (Wildman–Crippen LogP) is 3.87. The zero-order valence-electron chi connectivity index (χ0n) is 20.2. The van der Waals surface area contributed by atoms with Crippen LogP contribution in [0.1, 0.15) is 49.2 Å². The second kappa shape index (κ2) is 10.8. The van der Waals surface area contributed by atoms with Crippen LogP contribution in [-0.2, 0) is 4.79 Å². The second-order valence-corrected chi connectivity index (χ2v) is 8.58. The van der Waals surface area contributed by atoms with Gasteiger partial charge in [-0.3, -0.25) is 9.59 Å². The molecule has 3 aromatic rings. The molecule has 3 N–H and O–H groups in total. The van der Waals surface area contributed by atoms with Crippen LogP contribution >= 0.6 is 0 Å². The Morgan fingerprint density at radius 1 is 1.16 bits per heavy atom. The molecule has 2 aromatic heterocycles. The quantitative estimate of drug-likeness (QED) is 0.389. The Hall–Kier alpha value is -4.16. The summed E-state index contributed by atoms with van der Waals surface area (Å²) in [5.41, 5.74) is 4.58. The zero-order valence-corrected chi connectivity index (χ0v) is 20.2. The summed E-state index contributed by atoms with van der Waals surface area (Å²) >= 11 is 0. The van der Waals surface area contributed by atoms with Gasteiger partial charge in [0.1, 0.15) is 23.2 Å². The summed E-state index contributed by atoms with van der Waals surface area (Å²) in [6.45, 7) is 3.22. The van der Waals surface area contributed by atoms with Crippen molar-refractivity contribution in [3.63, 3.8) is 0 Å². The maximum absolute atomic E-state index is 14.7. The third-order valence-corrected chi connectivity index (χ3v) is 5.22. The van der Waals surface area contributed by atoms with Crippen LogP contribution in [0.15, 0.2) is 48.9 Å². The van der Waals surface area contributed by atoms with Crippen molar-refractivity contribution in [2.75, 3.05) is 6.61 Å². The molecule has 2 amide bonds. The largest absolute Gasteiger partial charge is 0.484 e. The second-order valence-electron chi connectivity index (χ2n) is 8.58. The monoisotopic (exact) mass is 523 g/mol. The van der Waals surface area contributed by atoms with Crippen LogP contribution in [0.25, 0.3) is 5.69 Å². The summed E-state index contributed by atoms with van der Waals surface area (Å²) in [6.07, 6.45) is -0.0486. The van der Waals surface area contributed by atoms with Gasteiger partial charge in [0.25, 0.3) is 5.91 Å². The first-order valence-corrected chi connectivity index (χ1v) is 11.1. The van der Waals surface area contributed by atoms with E-state index in [9.17, 15) is 27.2 Å². The Morgan fingerprint density at radius 2 is 1.89 bits per heavy atom. The molecule has 2 heterocycles. The van der Waals surface area contributed by atoms with Gasteiger partial charge in [0.05, 0.1) is 23.6 Å². The Morgan fingerprint density at radius 3 is 2.46 bits per heavy atom. The highest BCUT2D eigenvalue weighted by Crippen LogP contribution is 2.26. The van der Waals surface area contributed by atoms with Gasteiger partial charge >= 0.3 is 6.18 Å². The topological polar surface area (TPSA) is 121 Å². The van der Waals surface area contributed by atoms with Crippen LogP contribution in [0.5, 0.6) is 11.6 Å². The fourth-order valence-electron chi connectivity index (χ4n) is 3.12.